The highest BCUT2D eigenvalue weighted by molar-refractivity contribution is 8.17. The zero-order chi connectivity index (χ0) is 8.20. The van der Waals surface area contributed by atoms with Crippen LogP contribution in [0.2, 0.25) is 0 Å². The summed E-state index contributed by atoms with van der Waals surface area (Å²) in [5.41, 5.74) is 0.000926. The van der Waals surface area contributed by atoms with Gasteiger partial charge < -0.3 is 0 Å². The highest BCUT2D eigenvalue weighted by atomic mass is 32.2. The first-order valence-electron chi connectivity index (χ1n) is 3.04. The molecule has 10 heavy (non-hydrogen) atoms. The van der Waals surface area contributed by atoms with Crippen molar-refractivity contribution in [3.8, 4) is 5.40 Å². The summed E-state index contributed by atoms with van der Waals surface area (Å²) in [6, 6.07) is 0. The zero-order valence-corrected chi connectivity index (χ0v) is 7.29. The number of carbonyl (C=O) groups is 1. The van der Waals surface area contributed by atoms with Crippen LogP contribution in [0.4, 0.5) is 0 Å². The number of hydrogen-bond donors (Lipinski definition) is 0. The predicted octanol–water partition coefficient (Wildman–Crippen LogP) is 2.16. The van der Waals surface area contributed by atoms with Gasteiger partial charge in [-0.2, -0.15) is 5.26 Å². The highest BCUT2D eigenvalue weighted by Crippen LogP contribution is 2.21. The van der Waals surface area contributed by atoms with E-state index in [1.54, 1.807) is 5.40 Å². The fourth-order valence-corrected chi connectivity index (χ4v) is 1.13. The summed E-state index contributed by atoms with van der Waals surface area (Å²) in [6.45, 7) is 5.93. The van der Waals surface area contributed by atoms with Crippen molar-refractivity contribution >= 4 is 16.9 Å². The number of thioether (sulfide) groups is 1. The molecule has 2 nitrogen and oxygen atoms in total. The number of hydrogen-bond acceptors (Lipinski definition) is 3. The number of nitriles is 1. The molecular weight excluding hydrogens is 146 g/mol. The molecule has 0 aromatic heterocycles. The Morgan fingerprint density at radius 2 is 2.10 bits per heavy atom. The molecular formula is C7H11NOS. The Morgan fingerprint density at radius 1 is 1.60 bits per heavy atom. The van der Waals surface area contributed by atoms with Crippen LogP contribution < -0.4 is 0 Å². The molecule has 56 valence electrons. The third kappa shape index (κ3) is 5.64. The molecule has 0 atom stereocenters. The molecule has 0 aliphatic heterocycles. The number of nitrogens with zero attached hydrogens (tertiary/aromatic N) is 1. The minimum atomic E-state index is -0.0463. The van der Waals surface area contributed by atoms with E-state index in [0.717, 1.165) is 11.8 Å². The smallest absolute Gasteiger partial charge is 0.203 e. The van der Waals surface area contributed by atoms with Crippen molar-refractivity contribution in [1.82, 2.24) is 0 Å². The molecule has 0 aromatic carbocycles. The molecule has 0 aliphatic rings. The maximum Gasteiger partial charge on any atom is 0.203 e. The normalized spacial score (nSPS) is 10.6. The molecule has 0 saturated heterocycles. The first-order valence-corrected chi connectivity index (χ1v) is 3.86. The lowest BCUT2D eigenvalue weighted by molar-refractivity contribution is -0.112. The molecule has 0 N–H and O–H groups in total. The first kappa shape index (κ1) is 9.51. The Kier molecular flexibility index (Phi) is 3.45. The van der Waals surface area contributed by atoms with Crippen LogP contribution in [0, 0.1) is 16.1 Å². The van der Waals surface area contributed by atoms with Gasteiger partial charge in [-0.1, -0.05) is 20.8 Å². The Bertz CT molecular complexity index is 163. The average Bonchev–Trinajstić information content (AvgIpc) is 1.59. The molecule has 0 radical (unpaired) electrons. The second kappa shape index (κ2) is 3.62. The van der Waals surface area contributed by atoms with Gasteiger partial charge in [0.25, 0.3) is 0 Å². The number of rotatable bonds is 1. The van der Waals surface area contributed by atoms with Crippen molar-refractivity contribution in [2.24, 2.45) is 5.41 Å². The van der Waals surface area contributed by atoms with Crippen LogP contribution in [0.15, 0.2) is 0 Å². The zero-order valence-electron chi connectivity index (χ0n) is 6.47. The van der Waals surface area contributed by atoms with Gasteiger partial charge >= 0.3 is 0 Å². The van der Waals surface area contributed by atoms with Crippen LogP contribution in [0.3, 0.4) is 0 Å². The molecule has 3 heteroatoms. The molecule has 0 amide bonds. The van der Waals surface area contributed by atoms with E-state index in [9.17, 15) is 4.79 Å². The molecule has 0 unspecified atom stereocenters. The van der Waals surface area contributed by atoms with Crippen LogP contribution >= 0.6 is 11.8 Å². The summed E-state index contributed by atoms with van der Waals surface area (Å²) in [5, 5.41) is 9.84. The van der Waals surface area contributed by atoms with E-state index in [0.29, 0.717) is 6.42 Å². The standard InChI is InChI=1S/C7H11NOS/c1-7(2,3)4-6(9)10-5-8/h4H2,1-3H3. The van der Waals surface area contributed by atoms with Gasteiger partial charge in [0, 0.05) is 18.2 Å². The van der Waals surface area contributed by atoms with Crippen LogP contribution in [-0.4, -0.2) is 5.12 Å². The van der Waals surface area contributed by atoms with Crippen molar-refractivity contribution in [3.63, 3.8) is 0 Å². The lowest BCUT2D eigenvalue weighted by atomic mass is 9.93. The van der Waals surface area contributed by atoms with Gasteiger partial charge in [0.15, 0.2) is 0 Å². The second-order valence-corrected chi connectivity index (χ2v) is 4.14. The SMILES string of the molecule is CC(C)(C)CC(=O)SC#N. The fraction of sp³-hybridized carbons (Fsp3) is 0.714. The van der Waals surface area contributed by atoms with Crippen molar-refractivity contribution in [1.29, 1.82) is 5.26 Å². The van der Waals surface area contributed by atoms with Gasteiger partial charge in [-0.25, -0.2) is 0 Å². The summed E-state index contributed by atoms with van der Waals surface area (Å²) < 4.78 is 0. The maximum absolute atomic E-state index is 10.8. The lowest BCUT2D eigenvalue weighted by Gasteiger charge is -2.14. The highest BCUT2D eigenvalue weighted by Gasteiger charge is 2.15. The topological polar surface area (TPSA) is 40.9 Å². The third-order valence-corrected chi connectivity index (χ3v) is 1.30. The summed E-state index contributed by atoms with van der Waals surface area (Å²) in [5.74, 6) is 0. The average molecular weight is 157 g/mol. The quantitative estimate of drug-likeness (QED) is 0.548. The molecule has 0 rings (SSSR count). The van der Waals surface area contributed by atoms with Gasteiger partial charge in [0.2, 0.25) is 5.12 Å². The van der Waals surface area contributed by atoms with E-state index in [2.05, 4.69) is 0 Å². The molecule has 0 fully saturated rings. The lowest BCUT2D eigenvalue weighted by Crippen LogP contribution is -2.09. The van der Waals surface area contributed by atoms with Crippen LogP contribution in [0.5, 0.6) is 0 Å². The summed E-state index contributed by atoms with van der Waals surface area (Å²) in [6.07, 6.45) is 0.464. The van der Waals surface area contributed by atoms with E-state index in [4.69, 9.17) is 5.26 Å². The van der Waals surface area contributed by atoms with Gasteiger partial charge in [-0.3, -0.25) is 4.79 Å². The van der Waals surface area contributed by atoms with Crippen LogP contribution in [0.1, 0.15) is 27.2 Å². The fourth-order valence-electron chi connectivity index (χ4n) is 0.520. The molecule has 0 aromatic rings. The van der Waals surface area contributed by atoms with E-state index in [-0.39, 0.29) is 10.5 Å². The summed E-state index contributed by atoms with van der Waals surface area (Å²) in [7, 11) is 0. The van der Waals surface area contributed by atoms with Gasteiger partial charge in [-0.15, -0.1) is 0 Å². The van der Waals surface area contributed by atoms with E-state index in [1.165, 1.54) is 0 Å². The Morgan fingerprint density at radius 3 is 2.40 bits per heavy atom. The molecule has 0 spiro atoms. The molecule has 0 heterocycles. The van der Waals surface area contributed by atoms with Gasteiger partial charge in [0.05, 0.1) is 0 Å². The van der Waals surface area contributed by atoms with Crippen molar-refractivity contribution in [2.45, 2.75) is 27.2 Å². The van der Waals surface area contributed by atoms with E-state index < -0.39 is 0 Å². The minimum Gasteiger partial charge on any atom is -0.286 e. The van der Waals surface area contributed by atoms with Crippen LogP contribution in [0.25, 0.3) is 0 Å². The number of thiocyanates is 1. The maximum atomic E-state index is 10.8. The predicted molar refractivity (Wildman–Crippen MR) is 42.3 cm³/mol. The largest absolute Gasteiger partial charge is 0.286 e. The second-order valence-electron chi connectivity index (χ2n) is 3.30. The Labute approximate surface area is 65.6 Å². The molecule has 0 saturated carbocycles. The summed E-state index contributed by atoms with van der Waals surface area (Å²) in [4.78, 5) is 10.8. The monoisotopic (exact) mass is 157 g/mol. The van der Waals surface area contributed by atoms with E-state index in [1.807, 2.05) is 20.8 Å². The third-order valence-electron chi connectivity index (χ3n) is 0.834. The van der Waals surface area contributed by atoms with Crippen molar-refractivity contribution in [3.05, 3.63) is 0 Å². The van der Waals surface area contributed by atoms with Gasteiger partial charge in [0.1, 0.15) is 5.40 Å². The van der Waals surface area contributed by atoms with Crippen molar-refractivity contribution < 1.29 is 4.79 Å². The van der Waals surface area contributed by atoms with Crippen molar-refractivity contribution in [2.75, 3.05) is 0 Å². The Hall–Kier alpha value is -0.490. The number of carbonyl (C=O) groups excluding carboxylic acids is 1. The van der Waals surface area contributed by atoms with Crippen LogP contribution in [-0.2, 0) is 4.79 Å². The Balaban J connectivity index is 3.72. The molecule has 0 bridgehead atoms. The minimum absolute atomic E-state index is 0.000926. The van der Waals surface area contributed by atoms with Gasteiger partial charge in [-0.05, 0) is 5.41 Å². The van der Waals surface area contributed by atoms with E-state index >= 15 is 0 Å². The summed E-state index contributed by atoms with van der Waals surface area (Å²) >= 11 is 0.725. The molecule has 0 aliphatic carbocycles. The first-order chi connectivity index (χ1) is 4.45.